The van der Waals surface area contributed by atoms with Crippen molar-refractivity contribution in [3.8, 4) is 11.6 Å². The average Bonchev–Trinajstić information content (AvgIpc) is 3.55. The summed E-state index contributed by atoms with van der Waals surface area (Å²) in [6, 6.07) is 7.08. The largest absolute Gasteiger partial charge is 0.490 e. The minimum Gasteiger partial charge on any atom is -0.490 e. The number of methoxy groups -OCH3 is 1. The number of carbonyl (C=O) groups excluding carboxylic acids is 1. The normalized spacial score (nSPS) is 19.7. The van der Waals surface area contributed by atoms with Crippen LogP contribution in [0, 0.1) is 6.92 Å². The number of pyridine rings is 1. The van der Waals surface area contributed by atoms with Crippen molar-refractivity contribution in [2.24, 2.45) is 10.9 Å². The second-order valence-corrected chi connectivity index (χ2v) is 10.1. The molecule has 200 valence electrons. The van der Waals surface area contributed by atoms with E-state index in [1.807, 2.05) is 39.8 Å². The molecular formula is C28H37N3O6. The zero-order valence-corrected chi connectivity index (χ0v) is 22.3. The third-order valence-corrected chi connectivity index (χ3v) is 6.78. The molecule has 0 bridgehead atoms. The van der Waals surface area contributed by atoms with Gasteiger partial charge in [0.25, 0.3) is 0 Å². The Morgan fingerprint density at radius 2 is 1.95 bits per heavy atom. The molecule has 1 atom stereocenters. The Labute approximate surface area is 218 Å². The number of oxime groups is 1. The predicted molar refractivity (Wildman–Crippen MR) is 139 cm³/mol. The van der Waals surface area contributed by atoms with Crippen molar-refractivity contribution in [2.45, 2.75) is 77.6 Å². The Kier molecular flexibility index (Phi) is 8.34. The zero-order chi connectivity index (χ0) is 26.6. The van der Waals surface area contributed by atoms with Crippen LogP contribution < -0.4 is 15.2 Å². The van der Waals surface area contributed by atoms with Crippen molar-refractivity contribution in [3.05, 3.63) is 52.2 Å². The third kappa shape index (κ3) is 6.59. The lowest BCUT2D eigenvalue weighted by Gasteiger charge is -2.19. The van der Waals surface area contributed by atoms with E-state index in [1.54, 1.807) is 12.1 Å². The monoisotopic (exact) mass is 511 g/mol. The highest BCUT2D eigenvalue weighted by molar-refractivity contribution is 5.98. The van der Waals surface area contributed by atoms with Gasteiger partial charge in [-0.25, -0.2) is 9.78 Å². The summed E-state index contributed by atoms with van der Waals surface area (Å²) in [4.78, 5) is 22.6. The first-order chi connectivity index (χ1) is 17.7. The average molecular weight is 512 g/mol. The van der Waals surface area contributed by atoms with Crippen LogP contribution in [0.25, 0.3) is 0 Å². The van der Waals surface area contributed by atoms with Gasteiger partial charge in [-0.3, -0.25) is 0 Å². The molecule has 1 unspecified atom stereocenters. The number of aromatic nitrogens is 1. The van der Waals surface area contributed by atoms with Gasteiger partial charge in [-0.1, -0.05) is 24.9 Å². The number of carbonyl (C=O) groups is 1. The summed E-state index contributed by atoms with van der Waals surface area (Å²) in [6.07, 6.45) is 5.02. The van der Waals surface area contributed by atoms with Gasteiger partial charge in [-0.15, -0.1) is 0 Å². The Balaban J connectivity index is 1.46. The van der Waals surface area contributed by atoms with Gasteiger partial charge < -0.3 is 29.5 Å². The second kappa shape index (κ2) is 11.5. The highest BCUT2D eigenvalue weighted by Gasteiger charge is 2.33. The summed E-state index contributed by atoms with van der Waals surface area (Å²) in [7, 11) is 1.53. The van der Waals surface area contributed by atoms with Crippen molar-refractivity contribution < 1.29 is 28.6 Å². The molecular weight excluding hydrogens is 474 g/mol. The summed E-state index contributed by atoms with van der Waals surface area (Å²) in [5.41, 5.74) is 9.91. The number of rotatable bonds is 9. The molecule has 1 aliphatic carbocycles. The minimum absolute atomic E-state index is 0.101. The number of nitrogens with two attached hydrogens (primary N) is 1. The minimum atomic E-state index is -0.614. The molecule has 1 saturated heterocycles. The Hall–Kier alpha value is -3.17. The summed E-state index contributed by atoms with van der Waals surface area (Å²) in [5, 5.41) is 3.93. The highest BCUT2D eigenvalue weighted by Crippen LogP contribution is 2.34. The number of hydrogen-bond acceptors (Lipinski definition) is 8. The van der Waals surface area contributed by atoms with E-state index in [-0.39, 0.29) is 11.9 Å². The van der Waals surface area contributed by atoms with Crippen LogP contribution in [-0.2, 0) is 20.7 Å². The molecule has 2 aliphatic rings. The molecule has 2 heterocycles. The topological polar surface area (TPSA) is 114 Å². The molecule has 2 N–H and O–H groups in total. The molecule has 0 amide bonds. The van der Waals surface area contributed by atoms with Crippen molar-refractivity contribution >= 4 is 11.8 Å². The molecule has 1 aromatic carbocycles. The van der Waals surface area contributed by atoms with E-state index in [2.05, 4.69) is 10.1 Å². The van der Waals surface area contributed by atoms with E-state index in [9.17, 15) is 4.79 Å². The number of nitrogens with zero attached hydrogens (tertiary/aromatic N) is 2. The SMILES string of the molecule is CCc1cc(/C(N)=N/OC(=O)c2cc(OC)nc(C3CCCC3)c2)cc(C)c1OCC1COC(C)(C)O1. The summed E-state index contributed by atoms with van der Waals surface area (Å²) >= 11 is 0. The fourth-order valence-electron chi connectivity index (χ4n) is 4.86. The standard InChI is InChI=1S/C28H37N3O6/c1-6-18-12-20(11-17(2)25(18)34-15-22-16-35-28(3,4)36-22)26(29)31-37-27(32)21-13-23(19-9-7-8-10-19)30-24(14-21)33-5/h11-14,19,22H,6-10,15-16H2,1-5H3,(H2,29,31). The molecule has 1 aromatic heterocycles. The van der Waals surface area contributed by atoms with Crippen LogP contribution in [0.3, 0.4) is 0 Å². The maximum absolute atomic E-state index is 12.8. The number of amidine groups is 1. The molecule has 1 aliphatic heterocycles. The molecule has 0 spiro atoms. The van der Waals surface area contributed by atoms with Crippen molar-refractivity contribution in [2.75, 3.05) is 20.3 Å². The maximum Gasteiger partial charge on any atom is 0.366 e. The first-order valence-corrected chi connectivity index (χ1v) is 12.9. The van der Waals surface area contributed by atoms with E-state index in [4.69, 9.17) is 29.5 Å². The van der Waals surface area contributed by atoms with Crippen molar-refractivity contribution in [3.63, 3.8) is 0 Å². The number of hydrogen-bond donors (Lipinski definition) is 1. The first kappa shape index (κ1) is 26.9. The quantitative estimate of drug-likeness (QED) is 0.224. The fraction of sp³-hybridized carbons (Fsp3) is 0.536. The van der Waals surface area contributed by atoms with Gasteiger partial charge in [-0.05, 0) is 69.4 Å². The van der Waals surface area contributed by atoms with Crippen LogP contribution in [-0.4, -0.2) is 49.0 Å². The van der Waals surface area contributed by atoms with Crippen LogP contribution in [0.4, 0.5) is 0 Å². The van der Waals surface area contributed by atoms with Gasteiger partial charge in [0.15, 0.2) is 11.6 Å². The third-order valence-electron chi connectivity index (χ3n) is 6.78. The molecule has 2 aromatic rings. The summed E-state index contributed by atoms with van der Waals surface area (Å²) < 4.78 is 22.9. The molecule has 1 saturated carbocycles. The van der Waals surface area contributed by atoms with E-state index < -0.39 is 11.8 Å². The lowest BCUT2D eigenvalue weighted by Crippen LogP contribution is -2.25. The van der Waals surface area contributed by atoms with E-state index in [1.165, 1.54) is 7.11 Å². The van der Waals surface area contributed by atoms with E-state index >= 15 is 0 Å². The van der Waals surface area contributed by atoms with Crippen molar-refractivity contribution in [1.29, 1.82) is 0 Å². The second-order valence-electron chi connectivity index (χ2n) is 10.1. The number of aryl methyl sites for hydroxylation is 2. The van der Waals surface area contributed by atoms with Crippen LogP contribution in [0.15, 0.2) is 29.4 Å². The van der Waals surface area contributed by atoms with E-state index in [0.717, 1.165) is 54.7 Å². The van der Waals surface area contributed by atoms with Gasteiger partial charge in [0.1, 0.15) is 18.5 Å². The Bertz CT molecular complexity index is 1160. The van der Waals surface area contributed by atoms with E-state index in [0.29, 0.717) is 36.1 Å². The molecule has 2 fully saturated rings. The molecule has 37 heavy (non-hydrogen) atoms. The lowest BCUT2D eigenvalue weighted by molar-refractivity contribution is -0.141. The van der Waals surface area contributed by atoms with Gasteiger partial charge >= 0.3 is 5.97 Å². The number of benzene rings is 1. The van der Waals surface area contributed by atoms with Crippen molar-refractivity contribution in [1.82, 2.24) is 4.98 Å². The van der Waals surface area contributed by atoms with Gasteiger partial charge in [0.2, 0.25) is 5.88 Å². The fourth-order valence-corrected chi connectivity index (χ4v) is 4.86. The van der Waals surface area contributed by atoms with Crippen LogP contribution in [0.2, 0.25) is 0 Å². The van der Waals surface area contributed by atoms with Crippen LogP contribution >= 0.6 is 0 Å². The zero-order valence-electron chi connectivity index (χ0n) is 22.3. The lowest BCUT2D eigenvalue weighted by atomic mass is 10.0. The summed E-state index contributed by atoms with van der Waals surface area (Å²) in [6.45, 7) is 8.63. The molecule has 4 rings (SSSR count). The predicted octanol–water partition coefficient (Wildman–Crippen LogP) is 4.63. The maximum atomic E-state index is 12.8. The Morgan fingerprint density at radius 1 is 1.19 bits per heavy atom. The molecule has 0 radical (unpaired) electrons. The van der Waals surface area contributed by atoms with Gasteiger partial charge in [-0.2, -0.15) is 0 Å². The van der Waals surface area contributed by atoms with Crippen LogP contribution in [0.1, 0.15) is 85.1 Å². The number of ether oxygens (including phenoxy) is 4. The van der Waals surface area contributed by atoms with Gasteiger partial charge in [0, 0.05) is 23.2 Å². The van der Waals surface area contributed by atoms with Crippen LogP contribution in [0.5, 0.6) is 11.6 Å². The smallest absolute Gasteiger partial charge is 0.366 e. The first-order valence-electron chi connectivity index (χ1n) is 12.9. The molecule has 9 nitrogen and oxygen atoms in total. The molecule has 9 heteroatoms. The Morgan fingerprint density at radius 3 is 2.59 bits per heavy atom. The highest BCUT2D eigenvalue weighted by atomic mass is 16.7. The summed E-state index contributed by atoms with van der Waals surface area (Å²) in [5.74, 6) is 0.382. The van der Waals surface area contributed by atoms with Gasteiger partial charge in [0.05, 0.1) is 19.3 Å².